The van der Waals surface area contributed by atoms with Crippen LogP contribution in [0.15, 0.2) is 235 Å². The van der Waals surface area contributed by atoms with E-state index in [1.54, 1.807) is 0 Å². The van der Waals surface area contributed by atoms with Crippen LogP contribution in [0, 0.1) is 0 Å². The van der Waals surface area contributed by atoms with E-state index in [1.165, 1.54) is 44.2 Å². The third-order valence-corrected chi connectivity index (χ3v) is 11.7. The fourth-order valence-corrected chi connectivity index (χ4v) is 9.07. The molecule has 1 nitrogen and oxygen atoms in total. The average molecular weight is 738 g/mol. The summed E-state index contributed by atoms with van der Waals surface area (Å²) in [6.07, 6.45) is 20.8. The minimum Gasteiger partial charge on any atom is -0.309 e. The minimum absolute atomic E-state index is 0.681. The third kappa shape index (κ3) is 6.21. The van der Waals surface area contributed by atoms with E-state index >= 15 is 0 Å². The van der Waals surface area contributed by atoms with E-state index in [4.69, 9.17) is 0 Å². The average Bonchev–Trinajstić information content (AvgIpc) is 3.71. The second kappa shape index (κ2) is 16.2. The van der Waals surface area contributed by atoms with Crippen LogP contribution in [0.5, 0.6) is 0 Å². The number of fused-ring (bicyclic) bond motifs is 6. The number of anilines is 3. The highest BCUT2D eigenvalue weighted by atomic mass is 15.1. The number of rotatable bonds is 12. The summed E-state index contributed by atoms with van der Waals surface area (Å²) in [4.78, 5) is 2.43. The van der Waals surface area contributed by atoms with Gasteiger partial charge in [-0.2, -0.15) is 0 Å². The van der Waals surface area contributed by atoms with Gasteiger partial charge >= 0.3 is 0 Å². The molecule has 2 aliphatic carbocycles. The fraction of sp³-hybridized carbons (Fsp3) is 0.107. The predicted octanol–water partition coefficient (Wildman–Crippen LogP) is 15.7. The predicted molar refractivity (Wildman–Crippen MR) is 249 cm³/mol. The molecule has 0 fully saturated rings. The molecule has 280 valence electrons. The Labute approximate surface area is 340 Å². The molecule has 0 saturated carbocycles. The molecule has 0 saturated heterocycles. The Morgan fingerprint density at radius 3 is 2.05 bits per heavy atom. The van der Waals surface area contributed by atoms with Crippen molar-refractivity contribution in [3.8, 4) is 11.1 Å². The highest BCUT2D eigenvalue weighted by molar-refractivity contribution is 6.01. The van der Waals surface area contributed by atoms with Crippen LogP contribution in [0.25, 0.3) is 28.0 Å². The molecule has 0 bridgehead atoms. The zero-order valence-electron chi connectivity index (χ0n) is 33.9. The standard InChI is InChI=1S/C56H51N/c1-10-16-17-27-42-28-19-23-33-53(42)57(54-34-24-29-41-26-18-20-30-46(41)54)43-35-36-48-47-31-21-22-32-51(47)56(52(48)37-43)49(14-5)44(13-4)55(50(56)15-6)40(9)39(8)45(25-11-2)38(7)12-3/h10-37H,3-6H2,1-2,7-9H3/b16-10-,25-11-,27-17-,40-39+,45-38+. The van der Waals surface area contributed by atoms with Gasteiger partial charge in [0.25, 0.3) is 0 Å². The van der Waals surface area contributed by atoms with Gasteiger partial charge in [0.2, 0.25) is 0 Å². The molecule has 5 aromatic rings. The third-order valence-electron chi connectivity index (χ3n) is 11.7. The molecule has 7 rings (SSSR count). The molecular formula is C56H51N. The Morgan fingerprint density at radius 2 is 1.32 bits per heavy atom. The van der Waals surface area contributed by atoms with E-state index in [9.17, 15) is 0 Å². The van der Waals surface area contributed by atoms with Crippen LogP contribution in [0.4, 0.5) is 17.1 Å². The van der Waals surface area contributed by atoms with Crippen molar-refractivity contribution in [2.24, 2.45) is 0 Å². The van der Waals surface area contributed by atoms with Gasteiger partial charge in [-0.05, 0) is 137 Å². The Bertz CT molecular complexity index is 2690. The lowest BCUT2D eigenvalue weighted by atomic mass is 9.68. The lowest BCUT2D eigenvalue weighted by Crippen LogP contribution is -2.27. The lowest BCUT2D eigenvalue weighted by molar-refractivity contribution is 0.779. The SMILES string of the molecule is C=CC1=C(C=C)C2(C(C=C)=C1/C(C)=C(C)/C(/C=C\C)=C(\C)C=C)c1ccccc1-c1ccc(N(c3ccccc3/C=C\C=C/C)c3cccc4ccccc34)cc12. The van der Waals surface area contributed by atoms with E-state index in [0.717, 1.165) is 56.1 Å². The van der Waals surface area contributed by atoms with Crippen LogP contribution in [0.2, 0.25) is 0 Å². The second-order valence-corrected chi connectivity index (χ2v) is 14.6. The molecule has 1 atom stereocenters. The Kier molecular flexibility index (Phi) is 11.0. The molecule has 1 unspecified atom stereocenters. The van der Waals surface area contributed by atoms with Crippen LogP contribution in [0.1, 0.15) is 51.3 Å². The molecule has 5 aromatic carbocycles. The molecule has 0 aliphatic heterocycles. The number of nitrogens with zero attached hydrogens (tertiary/aromatic N) is 1. The number of para-hydroxylation sites is 1. The van der Waals surface area contributed by atoms with Crippen molar-refractivity contribution in [2.45, 2.75) is 40.0 Å². The van der Waals surface area contributed by atoms with E-state index in [2.05, 4.69) is 217 Å². The Morgan fingerprint density at radius 1 is 0.632 bits per heavy atom. The van der Waals surface area contributed by atoms with Gasteiger partial charge in [-0.25, -0.2) is 0 Å². The van der Waals surface area contributed by atoms with Crippen LogP contribution in [-0.4, -0.2) is 0 Å². The summed E-state index contributed by atoms with van der Waals surface area (Å²) < 4.78 is 0. The van der Waals surface area contributed by atoms with Crippen LogP contribution in [0.3, 0.4) is 0 Å². The first kappa shape index (κ1) is 38.6. The normalized spacial score (nSPS) is 17.1. The van der Waals surface area contributed by atoms with E-state index in [0.29, 0.717) is 0 Å². The maximum absolute atomic E-state index is 4.56. The highest BCUT2D eigenvalue weighted by Crippen LogP contribution is 2.63. The van der Waals surface area contributed by atoms with Gasteiger partial charge in [0.15, 0.2) is 0 Å². The maximum Gasteiger partial charge on any atom is 0.0725 e. The monoisotopic (exact) mass is 737 g/mol. The summed E-state index contributed by atoms with van der Waals surface area (Å²) in [5.41, 5.74) is 17.6. The van der Waals surface area contributed by atoms with Crippen LogP contribution in [-0.2, 0) is 5.41 Å². The quantitative estimate of drug-likeness (QED) is 0.115. The van der Waals surface area contributed by atoms with E-state index in [-0.39, 0.29) is 0 Å². The summed E-state index contributed by atoms with van der Waals surface area (Å²) in [7, 11) is 0. The van der Waals surface area contributed by atoms with Crippen LogP contribution >= 0.6 is 0 Å². The zero-order chi connectivity index (χ0) is 40.3. The number of hydrogen-bond donors (Lipinski definition) is 0. The van der Waals surface area contributed by atoms with Gasteiger partial charge in [0.05, 0.1) is 16.8 Å². The van der Waals surface area contributed by atoms with Crippen molar-refractivity contribution in [1.82, 2.24) is 0 Å². The largest absolute Gasteiger partial charge is 0.309 e. The highest BCUT2D eigenvalue weighted by Gasteiger charge is 2.52. The molecule has 2 aliphatic rings. The van der Waals surface area contributed by atoms with Gasteiger partial charge in [0, 0.05) is 11.1 Å². The first-order valence-electron chi connectivity index (χ1n) is 19.7. The van der Waals surface area contributed by atoms with Crippen molar-refractivity contribution < 1.29 is 0 Å². The fourth-order valence-electron chi connectivity index (χ4n) is 9.07. The molecule has 0 heterocycles. The number of allylic oxidation sites excluding steroid dienone is 17. The van der Waals surface area contributed by atoms with Gasteiger partial charge in [-0.1, -0.05) is 172 Å². The molecule has 57 heavy (non-hydrogen) atoms. The summed E-state index contributed by atoms with van der Waals surface area (Å²) in [6.45, 7) is 28.3. The minimum atomic E-state index is -0.681. The summed E-state index contributed by atoms with van der Waals surface area (Å²) in [5, 5.41) is 2.37. The molecule has 1 heteroatoms. The van der Waals surface area contributed by atoms with Crippen LogP contribution < -0.4 is 4.90 Å². The maximum atomic E-state index is 4.56. The summed E-state index contributed by atoms with van der Waals surface area (Å²) in [5.74, 6) is 0. The van der Waals surface area contributed by atoms with Crippen molar-refractivity contribution in [1.29, 1.82) is 0 Å². The van der Waals surface area contributed by atoms with Gasteiger partial charge in [-0.3, -0.25) is 0 Å². The van der Waals surface area contributed by atoms with Crippen molar-refractivity contribution >= 4 is 33.9 Å². The number of hydrogen-bond acceptors (Lipinski definition) is 1. The van der Waals surface area contributed by atoms with E-state index < -0.39 is 5.41 Å². The van der Waals surface area contributed by atoms with Gasteiger partial charge in [0.1, 0.15) is 0 Å². The molecule has 1 spiro atoms. The first-order chi connectivity index (χ1) is 27.8. The van der Waals surface area contributed by atoms with Crippen molar-refractivity contribution in [3.63, 3.8) is 0 Å². The number of benzene rings is 5. The van der Waals surface area contributed by atoms with Crippen molar-refractivity contribution in [3.05, 3.63) is 251 Å². The molecule has 0 radical (unpaired) electrons. The van der Waals surface area contributed by atoms with Gasteiger partial charge < -0.3 is 4.90 Å². The molecule has 0 aromatic heterocycles. The summed E-state index contributed by atoms with van der Waals surface area (Å²) >= 11 is 0. The second-order valence-electron chi connectivity index (χ2n) is 14.6. The Balaban J connectivity index is 1.60. The zero-order valence-corrected chi connectivity index (χ0v) is 33.9. The summed E-state index contributed by atoms with van der Waals surface area (Å²) in [6, 6.07) is 39.7. The molecular weight excluding hydrogens is 687 g/mol. The Hall–Kier alpha value is -6.70. The van der Waals surface area contributed by atoms with Gasteiger partial charge in [-0.15, -0.1) is 0 Å². The van der Waals surface area contributed by atoms with Crippen molar-refractivity contribution in [2.75, 3.05) is 4.90 Å². The smallest absolute Gasteiger partial charge is 0.0725 e. The first-order valence-corrected chi connectivity index (χ1v) is 19.7. The lowest BCUT2D eigenvalue weighted by Gasteiger charge is -2.34. The molecule has 0 N–H and O–H groups in total. The topological polar surface area (TPSA) is 3.24 Å². The molecule has 0 amide bonds. The van der Waals surface area contributed by atoms with E-state index in [1.807, 2.05) is 19.1 Å².